The minimum Gasteiger partial charge on any atom is -0.497 e. The van der Waals surface area contributed by atoms with E-state index in [-0.39, 0.29) is 11.7 Å². The molecule has 1 amide bonds. The van der Waals surface area contributed by atoms with Crippen molar-refractivity contribution >= 4 is 23.4 Å². The van der Waals surface area contributed by atoms with Crippen LogP contribution < -0.4 is 15.9 Å². The fourth-order valence-corrected chi connectivity index (χ4v) is 3.61. The van der Waals surface area contributed by atoms with Gasteiger partial charge < -0.3 is 15.9 Å². The molecule has 0 bridgehead atoms. The maximum atomic E-state index is 12.2. The number of nitrogens with one attached hydrogen (secondary N) is 2. The van der Waals surface area contributed by atoms with Crippen LogP contribution in [0.25, 0.3) is 22.8 Å². The van der Waals surface area contributed by atoms with E-state index < -0.39 is 0 Å². The van der Waals surface area contributed by atoms with Crippen molar-refractivity contribution in [2.75, 3.05) is 24.0 Å². The summed E-state index contributed by atoms with van der Waals surface area (Å²) in [4.78, 5) is 12.2. The van der Waals surface area contributed by atoms with Crippen molar-refractivity contribution < 1.29 is 9.53 Å². The summed E-state index contributed by atoms with van der Waals surface area (Å²) in [6.07, 6.45) is 0. The predicted molar refractivity (Wildman–Crippen MR) is 120 cm³/mol. The SMILES string of the molecule is COc1ccc(-c2cc(-c3nnc(SCC(=O)Nc4cccc(C)c4)n3N)[nH]n2)cc1. The fraction of sp³-hybridized carbons (Fsp3) is 0.143. The summed E-state index contributed by atoms with van der Waals surface area (Å²) >= 11 is 1.21. The molecule has 4 N–H and O–H groups in total. The molecular formula is C21H21N7O2S. The van der Waals surface area contributed by atoms with Crippen molar-refractivity contribution in [1.29, 1.82) is 0 Å². The van der Waals surface area contributed by atoms with Gasteiger partial charge in [0.15, 0.2) is 0 Å². The van der Waals surface area contributed by atoms with Crippen molar-refractivity contribution in [3.8, 4) is 28.5 Å². The molecule has 158 valence electrons. The first-order chi connectivity index (χ1) is 15.0. The van der Waals surface area contributed by atoms with Gasteiger partial charge in [0.25, 0.3) is 0 Å². The third-order valence-corrected chi connectivity index (χ3v) is 5.45. The first-order valence-corrected chi connectivity index (χ1v) is 10.4. The van der Waals surface area contributed by atoms with Crippen LogP contribution in [0, 0.1) is 6.92 Å². The summed E-state index contributed by atoms with van der Waals surface area (Å²) in [5, 5.41) is 18.8. The average molecular weight is 436 g/mol. The molecule has 0 radical (unpaired) electrons. The Bertz CT molecular complexity index is 1200. The lowest BCUT2D eigenvalue weighted by Crippen LogP contribution is -2.16. The summed E-state index contributed by atoms with van der Waals surface area (Å²) < 4.78 is 6.52. The first-order valence-electron chi connectivity index (χ1n) is 9.43. The van der Waals surface area contributed by atoms with Crippen LogP contribution in [0.15, 0.2) is 59.8 Å². The molecule has 0 aliphatic carbocycles. The number of aryl methyl sites for hydroxylation is 1. The third kappa shape index (κ3) is 4.69. The molecule has 0 atom stereocenters. The van der Waals surface area contributed by atoms with Gasteiger partial charge in [-0.05, 0) is 55.0 Å². The minimum absolute atomic E-state index is 0.150. The molecule has 2 aromatic heterocycles. The number of thioether (sulfide) groups is 1. The molecule has 2 heterocycles. The highest BCUT2D eigenvalue weighted by atomic mass is 32.2. The normalized spacial score (nSPS) is 10.8. The highest BCUT2D eigenvalue weighted by Gasteiger charge is 2.16. The van der Waals surface area contributed by atoms with Gasteiger partial charge in [0.2, 0.25) is 16.9 Å². The number of hydrogen-bond donors (Lipinski definition) is 3. The number of ether oxygens (including phenoxy) is 1. The number of carbonyl (C=O) groups excluding carboxylic acids is 1. The van der Waals surface area contributed by atoms with Crippen LogP contribution in [0.3, 0.4) is 0 Å². The second kappa shape index (κ2) is 8.92. The van der Waals surface area contributed by atoms with E-state index >= 15 is 0 Å². The van der Waals surface area contributed by atoms with Crippen LogP contribution in [0.5, 0.6) is 5.75 Å². The summed E-state index contributed by atoms with van der Waals surface area (Å²) in [6, 6.07) is 17.0. The van der Waals surface area contributed by atoms with E-state index in [0.29, 0.717) is 16.7 Å². The Labute approximate surface area is 183 Å². The largest absolute Gasteiger partial charge is 0.497 e. The lowest BCUT2D eigenvalue weighted by molar-refractivity contribution is -0.113. The highest BCUT2D eigenvalue weighted by molar-refractivity contribution is 7.99. The maximum Gasteiger partial charge on any atom is 0.234 e. The summed E-state index contributed by atoms with van der Waals surface area (Å²) in [7, 11) is 1.62. The number of anilines is 1. The Morgan fingerprint density at radius 3 is 2.74 bits per heavy atom. The number of carbonyl (C=O) groups is 1. The zero-order chi connectivity index (χ0) is 21.8. The fourth-order valence-electron chi connectivity index (χ4n) is 2.96. The van der Waals surface area contributed by atoms with Crippen molar-refractivity contribution in [3.63, 3.8) is 0 Å². The van der Waals surface area contributed by atoms with Gasteiger partial charge in [-0.15, -0.1) is 10.2 Å². The number of benzene rings is 2. The van der Waals surface area contributed by atoms with E-state index in [1.807, 2.05) is 61.5 Å². The minimum atomic E-state index is -0.150. The molecule has 31 heavy (non-hydrogen) atoms. The molecule has 0 unspecified atom stereocenters. The van der Waals surface area contributed by atoms with E-state index in [1.54, 1.807) is 7.11 Å². The van der Waals surface area contributed by atoms with Crippen LogP contribution in [0.2, 0.25) is 0 Å². The van der Waals surface area contributed by atoms with Gasteiger partial charge in [-0.25, -0.2) is 4.68 Å². The number of H-pyrrole nitrogens is 1. The number of nitrogen functional groups attached to an aromatic ring is 1. The maximum absolute atomic E-state index is 12.2. The van der Waals surface area contributed by atoms with Crippen LogP contribution in [-0.2, 0) is 4.79 Å². The number of methoxy groups -OCH3 is 1. The van der Waals surface area contributed by atoms with Crippen LogP contribution >= 0.6 is 11.8 Å². The summed E-state index contributed by atoms with van der Waals surface area (Å²) in [6.45, 7) is 1.97. The standard InChI is InChI=1S/C21H21N7O2S/c1-13-4-3-5-15(10-13)23-19(29)12-31-21-27-26-20(28(21)22)18-11-17(24-25-18)14-6-8-16(30-2)9-7-14/h3-11H,12,22H2,1-2H3,(H,23,29)(H,24,25). The van der Waals surface area contributed by atoms with E-state index in [2.05, 4.69) is 25.7 Å². The number of amides is 1. The van der Waals surface area contributed by atoms with Crippen LogP contribution in [0.4, 0.5) is 5.69 Å². The summed E-state index contributed by atoms with van der Waals surface area (Å²) in [5.41, 5.74) is 4.12. The van der Waals surface area contributed by atoms with Gasteiger partial charge in [-0.3, -0.25) is 9.89 Å². The van der Waals surface area contributed by atoms with Crippen LogP contribution in [0.1, 0.15) is 5.56 Å². The van der Waals surface area contributed by atoms with E-state index in [1.165, 1.54) is 16.4 Å². The molecule has 0 saturated carbocycles. The molecule has 0 aliphatic heterocycles. The molecule has 0 fully saturated rings. The molecule has 0 saturated heterocycles. The lowest BCUT2D eigenvalue weighted by atomic mass is 10.1. The van der Waals surface area contributed by atoms with Crippen molar-refractivity contribution in [3.05, 3.63) is 60.2 Å². The van der Waals surface area contributed by atoms with Gasteiger partial charge in [-0.1, -0.05) is 23.9 Å². The second-order valence-electron chi connectivity index (χ2n) is 6.78. The van der Waals surface area contributed by atoms with E-state index in [4.69, 9.17) is 10.6 Å². The van der Waals surface area contributed by atoms with Crippen molar-refractivity contribution in [2.24, 2.45) is 0 Å². The van der Waals surface area contributed by atoms with Crippen molar-refractivity contribution in [2.45, 2.75) is 12.1 Å². The van der Waals surface area contributed by atoms with Gasteiger partial charge in [-0.2, -0.15) is 5.10 Å². The quantitative estimate of drug-likeness (QED) is 0.301. The Morgan fingerprint density at radius 1 is 1.19 bits per heavy atom. The topological polar surface area (TPSA) is 124 Å². The number of aromatic nitrogens is 5. The second-order valence-corrected chi connectivity index (χ2v) is 7.72. The number of nitrogens with two attached hydrogens (primary N) is 1. The first kappa shape index (κ1) is 20.5. The molecule has 4 rings (SSSR count). The zero-order valence-corrected chi connectivity index (χ0v) is 17.8. The Kier molecular flexibility index (Phi) is 5.89. The molecule has 0 spiro atoms. The van der Waals surface area contributed by atoms with E-state index in [0.717, 1.165) is 28.3 Å². The lowest BCUT2D eigenvalue weighted by Gasteiger charge is -2.06. The molecule has 9 nitrogen and oxygen atoms in total. The highest BCUT2D eigenvalue weighted by Crippen LogP contribution is 2.26. The molecular weight excluding hydrogens is 414 g/mol. The number of nitrogens with zero attached hydrogens (tertiary/aromatic N) is 4. The smallest absolute Gasteiger partial charge is 0.234 e. The monoisotopic (exact) mass is 435 g/mol. The number of rotatable bonds is 7. The van der Waals surface area contributed by atoms with Gasteiger partial charge >= 0.3 is 0 Å². The Morgan fingerprint density at radius 2 is 2.00 bits per heavy atom. The van der Waals surface area contributed by atoms with Gasteiger partial charge in [0.05, 0.1) is 18.6 Å². The molecule has 10 heteroatoms. The zero-order valence-electron chi connectivity index (χ0n) is 17.0. The molecule has 2 aromatic carbocycles. The van der Waals surface area contributed by atoms with Gasteiger partial charge in [0.1, 0.15) is 11.4 Å². The number of aromatic amines is 1. The Balaban J connectivity index is 1.42. The predicted octanol–water partition coefficient (Wildman–Crippen LogP) is 3.10. The van der Waals surface area contributed by atoms with Crippen LogP contribution in [-0.4, -0.2) is 43.8 Å². The Hall–Kier alpha value is -3.79. The molecule has 4 aromatic rings. The van der Waals surface area contributed by atoms with Crippen molar-refractivity contribution in [1.82, 2.24) is 25.1 Å². The molecule has 0 aliphatic rings. The average Bonchev–Trinajstić information content (AvgIpc) is 3.39. The number of hydrogen-bond acceptors (Lipinski definition) is 7. The summed E-state index contributed by atoms with van der Waals surface area (Å²) in [5.74, 6) is 7.36. The van der Waals surface area contributed by atoms with E-state index in [9.17, 15) is 4.79 Å². The van der Waals surface area contributed by atoms with Gasteiger partial charge in [0, 0.05) is 11.3 Å². The third-order valence-electron chi connectivity index (χ3n) is 4.50.